The topological polar surface area (TPSA) is 3.24 Å². The van der Waals surface area contributed by atoms with Crippen molar-refractivity contribution >= 4 is 17.1 Å². The summed E-state index contributed by atoms with van der Waals surface area (Å²) >= 11 is 0. The molecule has 107 valence electrons. The molecule has 1 nitrogen and oxygen atoms in total. The predicted octanol–water partition coefficient (Wildman–Crippen LogP) is 5.06. The summed E-state index contributed by atoms with van der Waals surface area (Å²) in [7, 11) is 0. The number of anilines is 3. The molecule has 0 N–H and O–H groups in total. The second kappa shape index (κ2) is 7.79. The average Bonchev–Trinajstić information content (AvgIpc) is 2.52. The fraction of sp³-hybridized carbons (Fsp3) is 0.0526. The van der Waals surface area contributed by atoms with Crippen molar-refractivity contribution in [1.82, 2.24) is 0 Å². The van der Waals surface area contributed by atoms with Crippen LogP contribution in [-0.4, -0.2) is 0 Å². The van der Waals surface area contributed by atoms with Gasteiger partial charge >= 0.3 is 0 Å². The second-order valence-electron chi connectivity index (χ2n) is 4.69. The minimum atomic E-state index is 0. The van der Waals surface area contributed by atoms with Gasteiger partial charge in [-0.3, -0.25) is 0 Å². The molecular formula is C19H15NReRf-2. The van der Waals surface area contributed by atoms with Gasteiger partial charge in [0.1, 0.15) is 0 Å². The number of aryl methyl sites for hydroxylation is 1. The van der Waals surface area contributed by atoms with E-state index >= 15 is 0 Å². The largest absolute Gasteiger partial charge is 0.358 e. The minimum Gasteiger partial charge on any atom is -0.358 e. The van der Waals surface area contributed by atoms with Gasteiger partial charge in [0.05, 0.1) is 0 Å². The first-order chi connectivity index (χ1) is 9.84. The van der Waals surface area contributed by atoms with Crippen LogP contribution in [-0.2, 0) is 20.4 Å². The molecule has 0 aliphatic rings. The van der Waals surface area contributed by atoms with Gasteiger partial charge in [-0.15, -0.1) is 24.3 Å². The molecule has 0 aliphatic heterocycles. The molecule has 0 bridgehead atoms. The number of hydrogen-bond acceptors (Lipinski definition) is 1. The van der Waals surface area contributed by atoms with Crippen molar-refractivity contribution in [3.8, 4) is 0 Å². The Balaban J connectivity index is 0.00000121. The Bertz CT molecular complexity index is 629. The maximum atomic E-state index is 3.07. The quantitative estimate of drug-likeness (QED) is 0.344. The molecule has 0 atom stereocenters. The zero-order valence-corrected chi connectivity index (χ0v) is 21.6. The number of benzene rings is 3. The third-order valence-corrected chi connectivity index (χ3v) is 3.21. The van der Waals surface area contributed by atoms with Crippen LogP contribution in [0, 0.1) is 19.1 Å². The predicted molar refractivity (Wildman–Crippen MR) is 83.5 cm³/mol. The normalized spacial score (nSPS) is 9.32. The van der Waals surface area contributed by atoms with E-state index in [0.29, 0.717) is 0 Å². The van der Waals surface area contributed by atoms with Gasteiger partial charge in [-0.1, -0.05) is 29.1 Å². The zero-order chi connectivity index (χ0) is 13.8. The van der Waals surface area contributed by atoms with Crippen molar-refractivity contribution in [2.24, 2.45) is 0 Å². The maximum absolute atomic E-state index is 3.07. The number of rotatable bonds is 3. The molecule has 0 aliphatic carbocycles. The Morgan fingerprint density at radius 1 is 0.636 bits per heavy atom. The molecule has 3 heteroatoms. The monoisotopic (exact) mass is 711 g/mol. The smallest absolute Gasteiger partial charge is 0.0419 e. The van der Waals surface area contributed by atoms with Gasteiger partial charge in [0, 0.05) is 26.1 Å². The van der Waals surface area contributed by atoms with E-state index in [0.717, 1.165) is 17.1 Å². The van der Waals surface area contributed by atoms with E-state index in [1.165, 1.54) is 5.56 Å². The third kappa shape index (κ3) is 3.61. The molecule has 0 fully saturated rings. The molecule has 22 heavy (non-hydrogen) atoms. The van der Waals surface area contributed by atoms with E-state index in [1.807, 2.05) is 24.3 Å². The molecule has 0 spiro atoms. The van der Waals surface area contributed by atoms with E-state index in [4.69, 9.17) is 0 Å². The van der Waals surface area contributed by atoms with Crippen molar-refractivity contribution < 1.29 is 20.4 Å². The van der Waals surface area contributed by atoms with Crippen LogP contribution in [0.5, 0.6) is 0 Å². The van der Waals surface area contributed by atoms with E-state index in [9.17, 15) is 0 Å². The van der Waals surface area contributed by atoms with Gasteiger partial charge in [-0.25, -0.2) is 0 Å². The third-order valence-electron chi connectivity index (χ3n) is 3.21. The summed E-state index contributed by atoms with van der Waals surface area (Å²) in [5, 5.41) is 0. The fourth-order valence-corrected chi connectivity index (χ4v) is 2.20. The summed E-state index contributed by atoms with van der Waals surface area (Å²) in [6.07, 6.45) is 0. The van der Waals surface area contributed by atoms with Crippen LogP contribution in [0.1, 0.15) is 5.56 Å². The second-order valence-corrected chi connectivity index (χ2v) is 4.69. The van der Waals surface area contributed by atoms with Crippen LogP contribution in [0.25, 0.3) is 0 Å². The SMILES string of the molecule is Cc1ccc(N(c2cc[c-]cc2)c2cc[c-]cc2)cc1.[Re].[Rf]. The van der Waals surface area contributed by atoms with Crippen molar-refractivity contribution in [3.63, 3.8) is 0 Å². The van der Waals surface area contributed by atoms with E-state index < -0.39 is 0 Å². The number of nitrogens with zero attached hydrogens (tertiary/aromatic N) is 1. The first-order valence-electron chi connectivity index (χ1n) is 6.63. The Labute approximate surface area is 139 Å². The Morgan fingerprint density at radius 3 is 1.41 bits per heavy atom. The maximum Gasteiger partial charge on any atom is 0.0419 e. The molecular weight excluding hydrogens is 695 g/mol. The average molecular weight is 711 g/mol. The van der Waals surface area contributed by atoms with Gasteiger partial charge in [-0.2, -0.15) is 36.4 Å². The van der Waals surface area contributed by atoms with Crippen LogP contribution in [0.2, 0.25) is 0 Å². The molecule has 0 heterocycles. The Morgan fingerprint density at radius 2 is 1.00 bits per heavy atom. The summed E-state index contributed by atoms with van der Waals surface area (Å²) in [6.45, 7) is 2.10. The van der Waals surface area contributed by atoms with Crippen LogP contribution in [0.3, 0.4) is 0 Å². The van der Waals surface area contributed by atoms with Crippen molar-refractivity contribution in [1.29, 1.82) is 0 Å². The summed E-state index contributed by atoms with van der Waals surface area (Å²) in [5.74, 6) is 0. The van der Waals surface area contributed by atoms with Gasteiger partial charge in [-0.05, 0) is 19.1 Å². The summed E-state index contributed by atoms with van der Waals surface area (Å²) in [5.41, 5.74) is 4.65. The molecule has 0 aromatic heterocycles. The van der Waals surface area contributed by atoms with Crippen molar-refractivity contribution in [2.75, 3.05) is 4.90 Å². The molecule has 3 aromatic rings. The first kappa shape index (κ1) is 17.2. The fourth-order valence-electron chi connectivity index (χ4n) is 2.20. The molecule has 0 saturated heterocycles. The summed E-state index contributed by atoms with van der Waals surface area (Å²) in [6, 6.07) is 30.7. The zero-order valence-electron chi connectivity index (χ0n) is 12.5. The summed E-state index contributed by atoms with van der Waals surface area (Å²) < 4.78 is 0. The first-order valence-corrected chi connectivity index (χ1v) is 6.63. The Hall–Kier alpha value is -2.88. The van der Waals surface area contributed by atoms with Gasteiger partial charge in [0.25, 0.3) is 0 Å². The van der Waals surface area contributed by atoms with Crippen LogP contribution >= 0.6 is 0 Å². The molecule has 0 unspecified atom stereocenters. The minimum absolute atomic E-state index is 0. The van der Waals surface area contributed by atoms with E-state index in [2.05, 4.69) is 72.5 Å². The van der Waals surface area contributed by atoms with E-state index in [1.54, 1.807) is 0 Å². The van der Waals surface area contributed by atoms with Crippen LogP contribution < -0.4 is 4.90 Å². The van der Waals surface area contributed by atoms with Crippen LogP contribution in [0.4, 0.5) is 17.1 Å². The summed E-state index contributed by atoms with van der Waals surface area (Å²) in [4.78, 5) is 2.22. The van der Waals surface area contributed by atoms with Gasteiger partial charge < -0.3 is 4.90 Å². The molecule has 0 amide bonds. The van der Waals surface area contributed by atoms with Gasteiger partial charge in [0.15, 0.2) is 0 Å². The molecule has 0 saturated carbocycles. The molecule has 3 aromatic carbocycles. The van der Waals surface area contributed by atoms with E-state index in [-0.39, 0.29) is 20.4 Å². The Kier molecular flexibility index (Phi) is 6.08. The molecule has 1 radical (unpaired) electrons. The standard InChI is InChI=1S/C19H15N.Re.Rf/c1-16-12-14-19(15-13-16)20(17-8-4-2-5-9-17)18-10-6-3-7-11-18;;/h4-15H,1H3;;/q-2;;. The van der Waals surface area contributed by atoms with Crippen molar-refractivity contribution in [3.05, 3.63) is 90.5 Å². The molecule has 3 rings (SSSR count). The van der Waals surface area contributed by atoms with Crippen LogP contribution in [0.15, 0.2) is 72.8 Å². The van der Waals surface area contributed by atoms with Gasteiger partial charge in [0.2, 0.25) is 0 Å². The number of hydrogen-bond donors (Lipinski definition) is 0. The van der Waals surface area contributed by atoms with Crippen molar-refractivity contribution in [2.45, 2.75) is 6.92 Å².